The maximum absolute atomic E-state index is 11.2. The van der Waals surface area contributed by atoms with Crippen molar-refractivity contribution in [3.8, 4) is 11.1 Å². The molecule has 0 spiro atoms. The summed E-state index contributed by atoms with van der Waals surface area (Å²) in [6, 6.07) is 15.0. The van der Waals surface area contributed by atoms with Crippen LogP contribution in [0.4, 0.5) is 4.79 Å². The van der Waals surface area contributed by atoms with Gasteiger partial charge in [-0.15, -0.1) is 0 Å². The molecule has 0 aliphatic heterocycles. The number of fused-ring (bicyclic) bond motifs is 3. The minimum Gasteiger partial charge on any atom is -0.443 e. The molecular weight excluding hydrogens is 268 g/mol. The van der Waals surface area contributed by atoms with Gasteiger partial charge in [-0.25, -0.2) is 4.79 Å². The fourth-order valence-corrected chi connectivity index (χ4v) is 2.92. The van der Waals surface area contributed by atoms with E-state index in [4.69, 9.17) is 10.5 Å². The highest BCUT2D eigenvalue weighted by Crippen LogP contribution is 2.46. The number of carbonyl (C=O) groups is 2. The number of nitrogens with one attached hydrogen (secondary N) is 1. The van der Waals surface area contributed by atoms with Crippen molar-refractivity contribution in [1.82, 2.24) is 5.32 Å². The summed E-state index contributed by atoms with van der Waals surface area (Å²) in [6.45, 7) is 0.324. The molecule has 2 amide bonds. The normalized spacial score (nSPS) is 13.9. The van der Waals surface area contributed by atoms with Crippen LogP contribution in [0.15, 0.2) is 48.5 Å². The maximum atomic E-state index is 11.2. The predicted molar refractivity (Wildman–Crippen MR) is 77.4 cm³/mol. The van der Waals surface area contributed by atoms with E-state index < -0.39 is 12.3 Å². The fraction of sp³-hybridized carbons (Fsp3) is 0.125. The number of primary amides is 1. The third-order valence-electron chi connectivity index (χ3n) is 3.67. The van der Waals surface area contributed by atoms with Gasteiger partial charge < -0.3 is 15.8 Å². The SMILES string of the molecule is NC(=O)NC(OC=O)C1c2ccccc2-c2ccccc21. The van der Waals surface area contributed by atoms with Crippen LogP contribution in [-0.2, 0) is 9.53 Å². The van der Waals surface area contributed by atoms with Crippen LogP contribution in [0.5, 0.6) is 0 Å². The van der Waals surface area contributed by atoms with Crippen LogP contribution < -0.4 is 11.1 Å². The quantitative estimate of drug-likeness (QED) is 0.664. The monoisotopic (exact) mass is 282 g/mol. The summed E-state index contributed by atoms with van der Waals surface area (Å²) in [5.41, 5.74) is 9.33. The third kappa shape index (κ3) is 2.23. The summed E-state index contributed by atoms with van der Waals surface area (Å²) in [5, 5.41) is 2.49. The van der Waals surface area contributed by atoms with Gasteiger partial charge in [-0.05, 0) is 22.3 Å². The molecule has 1 unspecified atom stereocenters. The number of benzene rings is 2. The van der Waals surface area contributed by atoms with Crippen molar-refractivity contribution in [2.24, 2.45) is 5.73 Å². The van der Waals surface area contributed by atoms with Gasteiger partial charge >= 0.3 is 6.03 Å². The Labute approximate surface area is 121 Å². The van der Waals surface area contributed by atoms with Crippen LogP contribution in [0, 0.1) is 0 Å². The minimum absolute atomic E-state index is 0.268. The van der Waals surface area contributed by atoms with Gasteiger partial charge in [0.2, 0.25) is 0 Å². The zero-order chi connectivity index (χ0) is 14.8. The Kier molecular flexibility index (Phi) is 3.31. The summed E-state index contributed by atoms with van der Waals surface area (Å²) in [4.78, 5) is 21.9. The van der Waals surface area contributed by atoms with Gasteiger partial charge in [0.05, 0.1) is 5.92 Å². The Morgan fingerprint density at radius 1 is 1.10 bits per heavy atom. The van der Waals surface area contributed by atoms with Gasteiger partial charge in [-0.2, -0.15) is 0 Å². The lowest BCUT2D eigenvalue weighted by Gasteiger charge is -2.24. The highest BCUT2D eigenvalue weighted by molar-refractivity contribution is 5.80. The van der Waals surface area contributed by atoms with E-state index in [2.05, 4.69) is 5.32 Å². The molecule has 1 atom stereocenters. The van der Waals surface area contributed by atoms with E-state index in [-0.39, 0.29) is 5.92 Å². The molecule has 5 nitrogen and oxygen atoms in total. The second-order valence-electron chi connectivity index (χ2n) is 4.81. The van der Waals surface area contributed by atoms with E-state index >= 15 is 0 Å². The molecule has 2 aromatic rings. The molecule has 3 rings (SSSR count). The van der Waals surface area contributed by atoms with Crippen molar-refractivity contribution in [3.63, 3.8) is 0 Å². The van der Waals surface area contributed by atoms with Crippen LogP contribution in [0.1, 0.15) is 17.0 Å². The zero-order valence-electron chi connectivity index (χ0n) is 11.2. The zero-order valence-corrected chi connectivity index (χ0v) is 11.2. The van der Waals surface area contributed by atoms with Gasteiger partial charge in [-0.1, -0.05) is 48.5 Å². The molecule has 1 aliphatic carbocycles. The molecule has 0 fully saturated rings. The van der Waals surface area contributed by atoms with Crippen molar-refractivity contribution < 1.29 is 14.3 Å². The Morgan fingerprint density at radius 2 is 1.62 bits per heavy atom. The number of hydrogen-bond donors (Lipinski definition) is 2. The summed E-state index contributed by atoms with van der Waals surface area (Å²) in [6.07, 6.45) is -0.829. The predicted octanol–water partition coefficient (Wildman–Crippen LogP) is 1.97. The number of hydrogen-bond acceptors (Lipinski definition) is 3. The number of carbonyl (C=O) groups excluding carboxylic acids is 2. The van der Waals surface area contributed by atoms with Gasteiger partial charge in [0.1, 0.15) is 0 Å². The van der Waals surface area contributed by atoms with Crippen molar-refractivity contribution in [2.75, 3.05) is 0 Å². The fourth-order valence-electron chi connectivity index (χ4n) is 2.92. The van der Waals surface area contributed by atoms with Crippen molar-refractivity contribution in [3.05, 3.63) is 59.7 Å². The van der Waals surface area contributed by atoms with Crippen molar-refractivity contribution in [1.29, 1.82) is 0 Å². The third-order valence-corrected chi connectivity index (χ3v) is 3.67. The Hall–Kier alpha value is -2.82. The molecular formula is C16H14N2O3. The van der Waals surface area contributed by atoms with Crippen LogP contribution in [0.25, 0.3) is 11.1 Å². The second kappa shape index (κ2) is 5.28. The smallest absolute Gasteiger partial charge is 0.315 e. The van der Waals surface area contributed by atoms with Gasteiger partial charge in [-0.3, -0.25) is 4.79 Å². The van der Waals surface area contributed by atoms with Gasteiger partial charge in [0, 0.05) is 0 Å². The van der Waals surface area contributed by atoms with Gasteiger partial charge in [0.25, 0.3) is 6.47 Å². The number of amides is 2. The van der Waals surface area contributed by atoms with E-state index in [0.29, 0.717) is 6.47 Å². The van der Waals surface area contributed by atoms with Crippen LogP contribution in [0.3, 0.4) is 0 Å². The summed E-state index contributed by atoms with van der Waals surface area (Å²) >= 11 is 0. The van der Waals surface area contributed by atoms with Crippen molar-refractivity contribution in [2.45, 2.75) is 12.1 Å². The van der Waals surface area contributed by atoms with E-state index in [9.17, 15) is 9.59 Å². The van der Waals surface area contributed by atoms with Crippen molar-refractivity contribution >= 4 is 12.5 Å². The minimum atomic E-state index is -0.829. The largest absolute Gasteiger partial charge is 0.443 e. The number of rotatable bonds is 4. The lowest BCUT2D eigenvalue weighted by molar-refractivity contribution is -0.135. The average molecular weight is 282 g/mol. The maximum Gasteiger partial charge on any atom is 0.315 e. The lowest BCUT2D eigenvalue weighted by atomic mass is 9.95. The first-order chi connectivity index (χ1) is 10.2. The highest BCUT2D eigenvalue weighted by Gasteiger charge is 2.35. The number of nitrogens with two attached hydrogens (primary N) is 1. The first-order valence-electron chi connectivity index (χ1n) is 6.55. The highest BCUT2D eigenvalue weighted by atomic mass is 16.5. The molecule has 21 heavy (non-hydrogen) atoms. The summed E-state index contributed by atoms with van der Waals surface area (Å²) in [7, 11) is 0. The Morgan fingerprint density at radius 3 is 2.10 bits per heavy atom. The molecule has 0 bridgehead atoms. The average Bonchev–Trinajstić information content (AvgIpc) is 2.81. The van der Waals surface area contributed by atoms with Gasteiger partial charge in [0.15, 0.2) is 6.23 Å². The van der Waals surface area contributed by atoms with E-state index in [1.165, 1.54) is 0 Å². The molecule has 0 saturated heterocycles. The molecule has 106 valence electrons. The topological polar surface area (TPSA) is 81.4 Å². The number of ether oxygens (including phenoxy) is 1. The molecule has 0 radical (unpaired) electrons. The molecule has 1 aliphatic rings. The lowest BCUT2D eigenvalue weighted by Crippen LogP contribution is -2.43. The Balaban J connectivity index is 2.12. The molecule has 0 heterocycles. The summed E-state index contributed by atoms with van der Waals surface area (Å²) < 4.78 is 5.06. The van der Waals surface area contributed by atoms with Crippen LogP contribution >= 0.6 is 0 Å². The van der Waals surface area contributed by atoms with E-state index in [1.54, 1.807) is 0 Å². The Bertz CT molecular complexity index is 654. The van der Waals surface area contributed by atoms with E-state index in [1.807, 2.05) is 48.5 Å². The van der Waals surface area contributed by atoms with E-state index in [0.717, 1.165) is 22.3 Å². The van der Waals surface area contributed by atoms with Crippen LogP contribution in [-0.4, -0.2) is 18.7 Å². The molecule has 0 aromatic heterocycles. The molecule has 0 saturated carbocycles. The standard InChI is InChI=1S/C16H14N2O3/c17-16(20)18-15(21-9-19)14-12-7-3-1-5-10(12)11-6-2-4-8-13(11)14/h1-9,14-15H,(H3,17,18,20). The molecule has 3 N–H and O–H groups in total. The number of urea groups is 1. The molecule has 2 aromatic carbocycles. The summed E-state index contributed by atoms with van der Waals surface area (Å²) in [5.74, 6) is -0.268. The molecule has 5 heteroatoms. The second-order valence-corrected chi connectivity index (χ2v) is 4.81. The first kappa shape index (κ1) is 13.2. The first-order valence-corrected chi connectivity index (χ1v) is 6.55. The van der Waals surface area contributed by atoms with Crippen LogP contribution in [0.2, 0.25) is 0 Å².